The molecule has 0 aromatic carbocycles. The van der Waals surface area contributed by atoms with Gasteiger partial charge >= 0.3 is 0 Å². The first-order valence-electron chi connectivity index (χ1n) is 3.99. The molecule has 12 heavy (non-hydrogen) atoms. The summed E-state index contributed by atoms with van der Waals surface area (Å²) in [5.41, 5.74) is -0.855. The van der Waals surface area contributed by atoms with Crippen molar-refractivity contribution in [3.63, 3.8) is 0 Å². The first-order chi connectivity index (χ1) is 5.31. The van der Waals surface area contributed by atoms with Gasteiger partial charge in [-0.3, -0.25) is 0 Å². The third kappa shape index (κ3) is 7.69. The van der Waals surface area contributed by atoms with Gasteiger partial charge in [-0.1, -0.05) is 0 Å². The molecule has 0 saturated heterocycles. The Morgan fingerprint density at radius 1 is 1.67 bits per heavy atom. The maximum atomic E-state index is 12.3. The highest BCUT2D eigenvalue weighted by atomic mass is 19.1. The molecule has 0 radical (unpaired) electrons. The van der Waals surface area contributed by atoms with E-state index < -0.39 is 5.60 Å². The zero-order valence-electron chi connectivity index (χ0n) is 8.10. The fourth-order valence-electron chi connectivity index (χ4n) is 0.707. The molecule has 0 heterocycles. The van der Waals surface area contributed by atoms with E-state index in [4.69, 9.17) is 4.74 Å². The van der Waals surface area contributed by atoms with Crippen LogP contribution in [0.3, 0.4) is 0 Å². The van der Waals surface area contributed by atoms with Gasteiger partial charge in [0.05, 0.1) is 24.1 Å². The Balaban J connectivity index is 3.73. The summed E-state index contributed by atoms with van der Waals surface area (Å²) in [6.45, 7) is 6.59. The second-order valence-electron chi connectivity index (χ2n) is 3.58. The number of ether oxygens (including phenoxy) is 1. The van der Waals surface area contributed by atoms with Crippen molar-refractivity contribution in [2.24, 2.45) is 0 Å². The van der Waals surface area contributed by atoms with E-state index in [0.29, 0.717) is 0 Å². The van der Waals surface area contributed by atoms with Crippen LogP contribution in [0.1, 0.15) is 27.7 Å². The van der Waals surface area contributed by atoms with Crippen molar-refractivity contribution in [3.8, 4) is 0 Å². The zero-order valence-corrected chi connectivity index (χ0v) is 8.10. The summed E-state index contributed by atoms with van der Waals surface area (Å²) in [7, 11) is 0. The van der Waals surface area contributed by atoms with Crippen molar-refractivity contribution in [2.75, 3.05) is 6.61 Å². The summed E-state index contributed by atoms with van der Waals surface area (Å²) >= 11 is 0. The fraction of sp³-hybridized carbons (Fsp3) is 0.778. The van der Waals surface area contributed by atoms with Crippen LogP contribution in [0.15, 0.2) is 11.9 Å². The topological polar surface area (TPSA) is 29.5 Å². The van der Waals surface area contributed by atoms with Crippen molar-refractivity contribution in [1.29, 1.82) is 0 Å². The van der Waals surface area contributed by atoms with Crippen LogP contribution < -0.4 is 0 Å². The molecule has 1 unspecified atom stereocenters. The lowest BCUT2D eigenvalue weighted by Crippen LogP contribution is -2.28. The molecule has 1 N–H and O–H groups in total. The summed E-state index contributed by atoms with van der Waals surface area (Å²) in [6, 6.07) is 0. The number of rotatable bonds is 4. The second-order valence-corrected chi connectivity index (χ2v) is 3.58. The molecule has 0 saturated carbocycles. The summed E-state index contributed by atoms with van der Waals surface area (Å²) in [5, 5.41) is 9.26. The summed E-state index contributed by atoms with van der Waals surface area (Å²) in [5.74, 6) is -0.266. The Labute approximate surface area is 73.0 Å². The van der Waals surface area contributed by atoms with Gasteiger partial charge in [0.2, 0.25) is 0 Å². The van der Waals surface area contributed by atoms with Crippen molar-refractivity contribution >= 4 is 0 Å². The molecule has 0 rings (SSSR count). The number of hydrogen-bond donors (Lipinski definition) is 1. The molecule has 0 bridgehead atoms. The van der Waals surface area contributed by atoms with Crippen LogP contribution in [0.2, 0.25) is 0 Å². The highest BCUT2D eigenvalue weighted by Crippen LogP contribution is 2.06. The van der Waals surface area contributed by atoms with Crippen LogP contribution in [-0.2, 0) is 4.74 Å². The van der Waals surface area contributed by atoms with Gasteiger partial charge in [-0.05, 0) is 33.8 Å². The van der Waals surface area contributed by atoms with Gasteiger partial charge in [0, 0.05) is 0 Å². The van der Waals surface area contributed by atoms with Crippen LogP contribution in [-0.4, -0.2) is 23.4 Å². The molecule has 0 aliphatic heterocycles. The molecule has 2 nitrogen and oxygen atoms in total. The SMILES string of the molecule is C/C(F)=C\C(C)OCC(C)(C)O. The molecular weight excluding hydrogens is 159 g/mol. The van der Waals surface area contributed by atoms with E-state index in [9.17, 15) is 9.50 Å². The molecule has 0 spiro atoms. The number of allylic oxidation sites excluding steroid dienone is 1. The normalized spacial score (nSPS) is 16.3. The minimum absolute atomic E-state index is 0.206. The van der Waals surface area contributed by atoms with Crippen molar-refractivity contribution < 1.29 is 14.2 Å². The van der Waals surface area contributed by atoms with Crippen LogP contribution in [0.4, 0.5) is 4.39 Å². The van der Waals surface area contributed by atoms with Gasteiger partial charge in [-0.15, -0.1) is 0 Å². The maximum absolute atomic E-state index is 12.3. The molecular formula is C9H17FO2. The van der Waals surface area contributed by atoms with Gasteiger partial charge in [-0.2, -0.15) is 0 Å². The summed E-state index contributed by atoms with van der Waals surface area (Å²) in [6.07, 6.45) is 1.08. The predicted octanol–water partition coefficient (Wildman–Crippen LogP) is 2.04. The van der Waals surface area contributed by atoms with Crippen molar-refractivity contribution in [1.82, 2.24) is 0 Å². The molecule has 72 valence electrons. The molecule has 1 atom stereocenters. The third-order valence-electron chi connectivity index (χ3n) is 1.16. The predicted molar refractivity (Wildman–Crippen MR) is 46.6 cm³/mol. The van der Waals surface area contributed by atoms with E-state index in [2.05, 4.69) is 0 Å². The van der Waals surface area contributed by atoms with Crippen LogP contribution in [0.25, 0.3) is 0 Å². The second kappa shape index (κ2) is 4.58. The zero-order chi connectivity index (χ0) is 9.78. The minimum Gasteiger partial charge on any atom is -0.388 e. The van der Waals surface area contributed by atoms with Crippen LogP contribution in [0, 0.1) is 0 Å². The maximum Gasteiger partial charge on any atom is 0.0954 e. The first-order valence-corrected chi connectivity index (χ1v) is 3.99. The Bertz CT molecular complexity index is 154. The van der Waals surface area contributed by atoms with Gasteiger partial charge in [0.25, 0.3) is 0 Å². The Morgan fingerprint density at radius 2 is 2.17 bits per heavy atom. The Kier molecular flexibility index (Phi) is 4.42. The highest BCUT2D eigenvalue weighted by Gasteiger charge is 2.13. The van der Waals surface area contributed by atoms with E-state index in [1.54, 1.807) is 20.8 Å². The number of hydrogen-bond acceptors (Lipinski definition) is 2. The van der Waals surface area contributed by atoms with E-state index in [1.807, 2.05) is 0 Å². The van der Waals surface area contributed by atoms with Gasteiger partial charge in [0.15, 0.2) is 0 Å². The quantitative estimate of drug-likeness (QED) is 0.710. The average Bonchev–Trinajstić information content (AvgIpc) is 1.80. The number of aliphatic hydroxyl groups is 1. The third-order valence-corrected chi connectivity index (χ3v) is 1.16. The largest absolute Gasteiger partial charge is 0.388 e. The van der Waals surface area contributed by atoms with Crippen molar-refractivity contribution in [2.45, 2.75) is 39.4 Å². The molecule has 0 aromatic heterocycles. The smallest absolute Gasteiger partial charge is 0.0954 e. The summed E-state index contributed by atoms with van der Waals surface area (Å²) in [4.78, 5) is 0. The van der Waals surface area contributed by atoms with Crippen LogP contribution in [0.5, 0.6) is 0 Å². The van der Waals surface area contributed by atoms with Gasteiger partial charge in [0.1, 0.15) is 0 Å². The monoisotopic (exact) mass is 176 g/mol. The van der Waals surface area contributed by atoms with Gasteiger partial charge in [-0.25, -0.2) is 4.39 Å². The standard InChI is InChI=1S/C9H17FO2/c1-7(10)5-8(2)12-6-9(3,4)11/h5,8,11H,6H2,1-4H3/b7-5+. The highest BCUT2D eigenvalue weighted by molar-refractivity contribution is 4.91. The van der Waals surface area contributed by atoms with E-state index in [1.165, 1.54) is 13.0 Å². The molecule has 0 aliphatic carbocycles. The lowest BCUT2D eigenvalue weighted by Gasteiger charge is -2.19. The molecule has 0 aliphatic rings. The lowest BCUT2D eigenvalue weighted by molar-refractivity contribution is -0.0354. The van der Waals surface area contributed by atoms with Crippen LogP contribution >= 0.6 is 0 Å². The van der Waals surface area contributed by atoms with E-state index in [0.717, 1.165) is 0 Å². The van der Waals surface area contributed by atoms with Gasteiger partial charge < -0.3 is 9.84 Å². The Morgan fingerprint density at radius 3 is 2.50 bits per heavy atom. The Hall–Kier alpha value is -0.410. The minimum atomic E-state index is -0.855. The number of halogens is 1. The van der Waals surface area contributed by atoms with Crippen molar-refractivity contribution in [3.05, 3.63) is 11.9 Å². The molecule has 0 aromatic rings. The lowest BCUT2D eigenvalue weighted by atomic mass is 10.2. The molecule has 0 fully saturated rings. The fourth-order valence-corrected chi connectivity index (χ4v) is 0.707. The average molecular weight is 176 g/mol. The van der Waals surface area contributed by atoms with E-state index >= 15 is 0 Å². The first kappa shape index (κ1) is 11.6. The molecule has 3 heteroatoms. The van der Waals surface area contributed by atoms with E-state index in [-0.39, 0.29) is 18.5 Å². The summed E-state index contributed by atoms with van der Waals surface area (Å²) < 4.78 is 17.4. The molecule has 0 amide bonds.